The number of benzene rings is 2. The average molecular weight is 549 g/mol. The molecule has 0 saturated heterocycles. The minimum atomic E-state index is -0.574. The normalized spacial score (nSPS) is 11.6. The highest BCUT2D eigenvalue weighted by Crippen LogP contribution is 2.31. The molecule has 214 valence electrons. The van der Waals surface area contributed by atoms with E-state index in [1.807, 2.05) is 39.0 Å². The minimum absolute atomic E-state index is 0.00244. The molecule has 0 aliphatic rings. The van der Waals surface area contributed by atoms with Crippen LogP contribution in [0.4, 0.5) is 26.0 Å². The molecule has 0 aliphatic heterocycles. The average Bonchev–Trinajstić information content (AvgIpc) is 3.32. The Morgan fingerprint density at radius 1 is 0.925 bits per heavy atom. The van der Waals surface area contributed by atoms with E-state index in [-0.39, 0.29) is 11.6 Å². The van der Waals surface area contributed by atoms with Crippen LogP contribution in [0.3, 0.4) is 0 Å². The first-order valence-electron chi connectivity index (χ1n) is 14.6. The molecule has 0 fully saturated rings. The van der Waals surface area contributed by atoms with Crippen molar-refractivity contribution in [1.82, 2.24) is 9.97 Å². The number of unbranched alkanes of at least 4 members (excludes halogenated alkanes) is 2. The maximum Gasteiger partial charge on any atom is 0.255 e. The van der Waals surface area contributed by atoms with E-state index >= 15 is 0 Å². The van der Waals surface area contributed by atoms with Crippen molar-refractivity contribution in [1.29, 1.82) is 0 Å². The van der Waals surface area contributed by atoms with Gasteiger partial charge < -0.3 is 15.6 Å². The lowest BCUT2D eigenvalue weighted by molar-refractivity contribution is 0.102. The van der Waals surface area contributed by atoms with Crippen LogP contribution >= 0.6 is 0 Å². The molecule has 4 rings (SSSR count). The molecule has 1 amide bonds. The Balaban J connectivity index is 0.00000216. The van der Waals surface area contributed by atoms with Crippen LogP contribution in [0, 0.1) is 11.6 Å². The lowest BCUT2D eigenvalue weighted by atomic mass is 9.89. The zero-order valence-electron chi connectivity index (χ0n) is 24.3. The molecule has 3 N–H and O–H groups in total. The third kappa shape index (κ3) is 7.68. The van der Waals surface area contributed by atoms with Crippen LogP contribution in [-0.2, 0) is 6.42 Å². The minimum Gasteiger partial charge on any atom is -0.341 e. The zero-order valence-corrected chi connectivity index (χ0v) is 24.3. The summed E-state index contributed by atoms with van der Waals surface area (Å²) in [5, 5.41) is 6.63. The van der Waals surface area contributed by atoms with E-state index < -0.39 is 11.6 Å². The monoisotopic (exact) mass is 548 g/mol. The number of anilines is 3. The van der Waals surface area contributed by atoms with Crippen LogP contribution in [0.1, 0.15) is 101 Å². The predicted molar refractivity (Wildman–Crippen MR) is 163 cm³/mol. The van der Waals surface area contributed by atoms with Crippen molar-refractivity contribution in [2.24, 2.45) is 0 Å². The molecule has 1 unspecified atom stereocenters. The fourth-order valence-electron chi connectivity index (χ4n) is 4.89. The number of aromatic amines is 1. The smallest absolute Gasteiger partial charge is 0.255 e. The van der Waals surface area contributed by atoms with Gasteiger partial charge in [-0.05, 0) is 67.1 Å². The molecule has 1 atom stereocenters. The number of hydrogen-bond acceptors (Lipinski definition) is 3. The van der Waals surface area contributed by atoms with E-state index in [1.54, 1.807) is 6.07 Å². The summed E-state index contributed by atoms with van der Waals surface area (Å²) in [6, 6.07) is 14.7. The van der Waals surface area contributed by atoms with Crippen molar-refractivity contribution >= 4 is 34.1 Å². The summed E-state index contributed by atoms with van der Waals surface area (Å²) in [6.45, 7) is 10.4. The number of halogens is 2. The molecule has 0 saturated carbocycles. The summed E-state index contributed by atoms with van der Waals surface area (Å²) in [7, 11) is 0. The molecule has 2 aromatic carbocycles. The number of nitrogens with zero attached hydrogens (tertiary/aromatic N) is 1. The van der Waals surface area contributed by atoms with Crippen molar-refractivity contribution in [3.63, 3.8) is 0 Å². The van der Waals surface area contributed by atoms with Gasteiger partial charge in [0, 0.05) is 22.7 Å². The molecule has 2 aromatic heterocycles. The third-order valence-corrected chi connectivity index (χ3v) is 6.96. The van der Waals surface area contributed by atoms with Crippen LogP contribution in [0.25, 0.3) is 11.0 Å². The Morgan fingerprint density at radius 3 is 2.35 bits per heavy atom. The fraction of sp³-hybridized carbons (Fsp3) is 0.394. The molecule has 0 spiro atoms. The van der Waals surface area contributed by atoms with Gasteiger partial charge in [0.1, 0.15) is 23.1 Å². The lowest BCUT2D eigenvalue weighted by Crippen LogP contribution is -2.13. The van der Waals surface area contributed by atoms with Gasteiger partial charge >= 0.3 is 0 Å². The van der Waals surface area contributed by atoms with Crippen molar-refractivity contribution in [3.8, 4) is 0 Å². The van der Waals surface area contributed by atoms with Gasteiger partial charge in [-0.3, -0.25) is 4.79 Å². The number of nitrogens with one attached hydrogen (secondary N) is 3. The van der Waals surface area contributed by atoms with Gasteiger partial charge in [0.05, 0.1) is 11.4 Å². The van der Waals surface area contributed by atoms with Crippen molar-refractivity contribution in [3.05, 3.63) is 83.1 Å². The topological polar surface area (TPSA) is 69.8 Å². The number of aromatic nitrogens is 2. The number of carbonyl (C=O) groups is 1. The van der Waals surface area contributed by atoms with Crippen LogP contribution in [-0.4, -0.2) is 15.9 Å². The van der Waals surface area contributed by atoms with Crippen LogP contribution < -0.4 is 10.6 Å². The second-order valence-corrected chi connectivity index (χ2v) is 9.73. The summed E-state index contributed by atoms with van der Waals surface area (Å²) in [6.07, 6.45) is 7.82. The number of aryl methyl sites for hydroxylation is 1. The Bertz CT molecular complexity index is 1380. The second kappa shape index (κ2) is 15.2. The zero-order chi connectivity index (χ0) is 29.1. The standard InChI is InChI=1S/C31H36F2N4O.C2H6/c1-4-7-8-10-20(9-5-2)21-11-13-22(14-12-21)31(38)37-29-24-16-18-28(36-30(24)35-26(29)6-3)34-27-19-23(32)15-17-25(27)33;1-2/h11-20H,4-10H2,1-3H3,(H,37,38)(H2,34,35,36);1-2H3. The SMILES string of the molecule is CC.CCCCCC(CCC)c1ccc(C(=O)Nc2c(CC)[nH]c3nc(Nc4cc(F)ccc4F)ccc23)cc1. The fourth-order valence-corrected chi connectivity index (χ4v) is 4.89. The predicted octanol–water partition coefficient (Wildman–Crippen LogP) is 9.89. The number of carbonyl (C=O) groups excluding carboxylic acids is 1. The van der Waals surface area contributed by atoms with Gasteiger partial charge in [0.25, 0.3) is 5.91 Å². The molecule has 5 nitrogen and oxygen atoms in total. The van der Waals surface area contributed by atoms with E-state index in [0.717, 1.165) is 42.1 Å². The summed E-state index contributed by atoms with van der Waals surface area (Å²) in [5.41, 5.74) is 3.95. The summed E-state index contributed by atoms with van der Waals surface area (Å²) in [4.78, 5) is 21.0. The Kier molecular flexibility index (Phi) is 11.7. The second-order valence-electron chi connectivity index (χ2n) is 9.73. The lowest BCUT2D eigenvalue weighted by Gasteiger charge is -2.17. The summed E-state index contributed by atoms with van der Waals surface area (Å²) < 4.78 is 27.6. The number of H-pyrrole nitrogens is 1. The molecule has 40 heavy (non-hydrogen) atoms. The van der Waals surface area contributed by atoms with E-state index in [4.69, 9.17) is 0 Å². The molecule has 7 heteroatoms. The Hall–Kier alpha value is -3.74. The largest absolute Gasteiger partial charge is 0.341 e. The molecular formula is C33H42F2N4O. The first kappa shape index (κ1) is 30.8. The van der Waals surface area contributed by atoms with Gasteiger partial charge in [0.2, 0.25) is 0 Å². The van der Waals surface area contributed by atoms with Crippen molar-refractivity contribution < 1.29 is 13.6 Å². The molecule has 0 bridgehead atoms. The van der Waals surface area contributed by atoms with Gasteiger partial charge in [-0.1, -0.05) is 72.4 Å². The first-order chi connectivity index (χ1) is 19.4. The molecule has 4 aromatic rings. The number of fused-ring (bicyclic) bond motifs is 1. The first-order valence-corrected chi connectivity index (χ1v) is 14.6. The number of amides is 1. The number of pyridine rings is 1. The molecule has 2 heterocycles. The van der Waals surface area contributed by atoms with Crippen LogP contribution in [0.5, 0.6) is 0 Å². The molecule has 0 radical (unpaired) electrons. The highest BCUT2D eigenvalue weighted by atomic mass is 19.1. The number of rotatable bonds is 12. The highest BCUT2D eigenvalue weighted by Gasteiger charge is 2.17. The number of hydrogen-bond donors (Lipinski definition) is 3. The Morgan fingerprint density at radius 2 is 1.68 bits per heavy atom. The van der Waals surface area contributed by atoms with E-state index in [0.29, 0.717) is 35.1 Å². The van der Waals surface area contributed by atoms with E-state index in [2.05, 4.69) is 46.6 Å². The van der Waals surface area contributed by atoms with E-state index in [1.165, 1.54) is 31.2 Å². The highest BCUT2D eigenvalue weighted by molar-refractivity contribution is 6.09. The maximum absolute atomic E-state index is 14.1. The van der Waals surface area contributed by atoms with Gasteiger partial charge in [0.15, 0.2) is 0 Å². The quantitative estimate of drug-likeness (QED) is 0.154. The maximum atomic E-state index is 14.1. The Labute approximate surface area is 236 Å². The van der Waals surface area contributed by atoms with Gasteiger partial charge in [-0.2, -0.15) is 0 Å². The van der Waals surface area contributed by atoms with Crippen molar-refractivity contribution in [2.75, 3.05) is 10.6 Å². The van der Waals surface area contributed by atoms with Crippen molar-refractivity contribution in [2.45, 2.75) is 85.5 Å². The van der Waals surface area contributed by atoms with Crippen LogP contribution in [0.15, 0.2) is 54.6 Å². The van der Waals surface area contributed by atoms with Gasteiger partial charge in [-0.25, -0.2) is 13.8 Å². The summed E-state index contributed by atoms with van der Waals surface area (Å²) >= 11 is 0. The van der Waals surface area contributed by atoms with Gasteiger partial charge in [-0.15, -0.1) is 0 Å². The van der Waals surface area contributed by atoms with E-state index in [9.17, 15) is 13.6 Å². The summed E-state index contributed by atoms with van der Waals surface area (Å²) in [5.74, 6) is -0.415. The van der Waals surface area contributed by atoms with Crippen LogP contribution in [0.2, 0.25) is 0 Å². The third-order valence-electron chi connectivity index (χ3n) is 6.96. The molecular weight excluding hydrogens is 506 g/mol. The molecule has 0 aliphatic carbocycles.